The Labute approximate surface area is 201 Å². The van der Waals surface area contributed by atoms with E-state index in [2.05, 4.69) is 25.6 Å². The van der Waals surface area contributed by atoms with Gasteiger partial charge in [0.05, 0.1) is 29.5 Å². The van der Waals surface area contributed by atoms with Gasteiger partial charge in [-0.25, -0.2) is 9.97 Å². The average Bonchev–Trinajstić information content (AvgIpc) is 3.24. The van der Waals surface area contributed by atoms with Crippen molar-refractivity contribution in [3.8, 4) is 17.1 Å². The van der Waals surface area contributed by atoms with Gasteiger partial charge < -0.3 is 20.4 Å². The van der Waals surface area contributed by atoms with Crippen molar-refractivity contribution < 1.29 is 31.1 Å². The van der Waals surface area contributed by atoms with Crippen LogP contribution in [0.4, 0.5) is 49.4 Å². The SMILES string of the molecule is COc1cc(Nc2cc(C(F)(F)F)cc(Nc3ccc(C(F)(F)F)cc3)n2)ccc1-c1nc(C)c[nH]1. The quantitative estimate of drug-likeness (QED) is 0.239. The second kappa shape index (κ2) is 9.44. The van der Waals surface area contributed by atoms with Crippen LogP contribution in [0.2, 0.25) is 0 Å². The number of nitrogens with one attached hydrogen (secondary N) is 3. The summed E-state index contributed by atoms with van der Waals surface area (Å²) >= 11 is 0. The van der Waals surface area contributed by atoms with Crippen molar-refractivity contribution in [2.75, 3.05) is 17.7 Å². The number of rotatable bonds is 6. The molecule has 0 spiro atoms. The van der Waals surface area contributed by atoms with Crippen LogP contribution in [0.25, 0.3) is 11.4 Å². The van der Waals surface area contributed by atoms with Gasteiger partial charge in [0.1, 0.15) is 23.2 Å². The first kappa shape index (κ1) is 24.9. The zero-order valence-electron chi connectivity index (χ0n) is 18.8. The van der Waals surface area contributed by atoms with Gasteiger partial charge in [-0.05, 0) is 55.5 Å². The number of methoxy groups -OCH3 is 1. The second-order valence-corrected chi connectivity index (χ2v) is 7.75. The van der Waals surface area contributed by atoms with Crippen molar-refractivity contribution >= 4 is 23.0 Å². The largest absolute Gasteiger partial charge is 0.496 e. The normalized spacial score (nSPS) is 11.9. The molecule has 0 aliphatic carbocycles. The maximum absolute atomic E-state index is 13.5. The first-order chi connectivity index (χ1) is 16.9. The molecule has 6 nitrogen and oxygen atoms in total. The topological polar surface area (TPSA) is 74.9 Å². The number of aromatic nitrogens is 3. The standard InChI is InChI=1S/C24H19F6N5O/c1-13-12-31-22(32-13)18-8-7-17(11-19(18)36-2)34-21-10-15(24(28,29)30)9-20(35-21)33-16-5-3-14(4-6-16)23(25,26)27/h3-12H,1-2H3,(H,31,32)(H2,33,34,35). The monoisotopic (exact) mass is 507 g/mol. The van der Waals surface area contributed by atoms with Gasteiger partial charge in [0.2, 0.25) is 0 Å². The highest BCUT2D eigenvalue weighted by molar-refractivity contribution is 5.71. The van der Waals surface area contributed by atoms with Crippen LogP contribution in [0.5, 0.6) is 5.75 Å². The molecular weight excluding hydrogens is 488 g/mol. The molecule has 36 heavy (non-hydrogen) atoms. The third-order valence-electron chi connectivity index (χ3n) is 5.07. The smallest absolute Gasteiger partial charge is 0.416 e. The molecule has 4 rings (SSSR count). The van der Waals surface area contributed by atoms with Gasteiger partial charge in [0.15, 0.2) is 0 Å². The number of halogens is 6. The van der Waals surface area contributed by atoms with Gasteiger partial charge in [0.25, 0.3) is 0 Å². The summed E-state index contributed by atoms with van der Waals surface area (Å²) in [7, 11) is 1.45. The number of aromatic amines is 1. The summed E-state index contributed by atoms with van der Waals surface area (Å²) in [5, 5.41) is 5.44. The maximum Gasteiger partial charge on any atom is 0.416 e. The molecule has 0 bridgehead atoms. The number of anilines is 4. The number of imidazole rings is 1. The molecule has 0 radical (unpaired) electrons. The van der Waals surface area contributed by atoms with E-state index in [1.54, 1.807) is 24.4 Å². The Morgan fingerprint density at radius 2 is 1.33 bits per heavy atom. The van der Waals surface area contributed by atoms with Crippen LogP contribution in [0, 0.1) is 6.92 Å². The molecule has 0 saturated carbocycles. The first-order valence-corrected chi connectivity index (χ1v) is 10.4. The number of pyridine rings is 1. The fourth-order valence-electron chi connectivity index (χ4n) is 3.38. The fraction of sp³-hybridized carbons (Fsp3) is 0.167. The molecule has 0 aliphatic heterocycles. The predicted molar refractivity (Wildman–Crippen MR) is 123 cm³/mol. The van der Waals surface area contributed by atoms with Crippen LogP contribution >= 0.6 is 0 Å². The summed E-state index contributed by atoms with van der Waals surface area (Å²) < 4.78 is 84.4. The Kier molecular flexibility index (Phi) is 6.53. The summed E-state index contributed by atoms with van der Waals surface area (Å²) in [6.07, 6.45) is -7.50. The molecule has 3 N–H and O–H groups in total. The third kappa shape index (κ3) is 5.70. The van der Waals surface area contributed by atoms with Crippen LogP contribution in [0.3, 0.4) is 0 Å². The van der Waals surface area contributed by atoms with E-state index in [0.717, 1.165) is 42.1 Å². The number of ether oxygens (including phenoxy) is 1. The van der Waals surface area contributed by atoms with Crippen molar-refractivity contribution in [3.63, 3.8) is 0 Å². The molecule has 0 unspecified atom stereocenters. The predicted octanol–water partition coefficient (Wildman–Crippen LogP) is 7.31. The van der Waals surface area contributed by atoms with E-state index >= 15 is 0 Å². The molecule has 12 heteroatoms. The maximum atomic E-state index is 13.5. The summed E-state index contributed by atoms with van der Waals surface area (Å²) in [5.41, 5.74) is 0.0820. The number of alkyl halides is 6. The fourth-order valence-corrected chi connectivity index (χ4v) is 3.38. The number of aryl methyl sites for hydroxylation is 1. The van der Waals surface area contributed by atoms with E-state index in [1.807, 2.05) is 6.92 Å². The molecule has 0 fully saturated rings. The van der Waals surface area contributed by atoms with Gasteiger partial charge in [-0.15, -0.1) is 0 Å². The first-order valence-electron chi connectivity index (χ1n) is 10.4. The number of hydrogen-bond donors (Lipinski definition) is 3. The van der Waals surface area contributed by atoms with Crippen molar-refractivity contribution in [2.24, 2.45) is 0 Å². The molecule has 2 aromatic carbocycles. The van der Waals surface area contributed by atoms with Crippen LogP contribution in [-0.4, -0.2) is 22.1 Å². The van der Waals surface area contributed by atoms with E-state index in [-0.39, 0.29) is 17.3 Å². The lowest BCUT2D eigenvalue weighted by Gasteiger charge is -2.15. The minimum atomic E-state index is -4.69. The summed E-state index contributed by atoms with van der Waals surface area (Å²) in [6.45, 7) is 1.82. The second-order valence-electron chi connectivity index (χ2n) is 7.75. The Bertz CT molecular complexity index is 1360. The molecule has 2 heterocycles. The lowest BCUT2D eigenvalue weighted by molar-refractivity contribution is -0.138. The number of hydrogen-bond acceptors (Lipinski definition) is 5. The van der Waals surface area contributed by atoms with Gasteiger partial charge in [-0.2, -0.15) is 26.3 Å². The Morgan fingerprint density at radius 3 is 1.86 bits per heavy atom. The molecule has 2 aromatic heterocycles. The van der Waals surface area contributed by atoms with Crippen LogP contribution in [0.15, 0.2) is 60.8 Å². The van der Waals surface area contributed by atoms with Gasteiger partial charge >= 0.3 is 12.4 Å². The molecule has 4 aromatic rings. The molecular formula is C24H19F6N5O. The van der Waals surface area contributed by atoms with E-state index in [9.17, 15) is 26.3 Å². The van der Waals surface area contributed by atoms with Gasteiger partial charge in [-0.1, -0.05) is 0 Å². The van der Waals surface area contributed by atoms with E-state index in [0.29, 0.717) is 22.8 Å². The van der Waals surface area contributed by atoms with Crippen LogP contribution in [0.1, 0.15) is 16.8 Å². The molecule has 0 atom stereocenters. The summed E-state index contributed by atoms with van der Waals surface area (Å²) in [4.78, 5) is 11.5. The summed E-state index contributed by atoms with van der Waals surface area (Å²) in [5.74, 6) is 0.644. The zero-order valence-corrected chi connectivity index (χ0v) is 18.8. The van der Waals surface area contributed by atoms with Crippen molar-refractivity contribution in [2.45, 2.75) is 19.3 Å². The van der Waals surface area contributed by atoms with E-state index < -0.39 is 23.5 Å². The minimum absolute atomic E-state index is 0.136. The molecule has 0 aliphatic rings. The summed E-state index contributed by atoms with van der Waals surface area (Å²) in [6, 6.07) is 10.4. The third-order valence-corrected chi connectivity index (χ3v) is 5.07. The van der Waals surface area contributed by atoms with E-state index in [4.69, 9.17) is 4.74 Å². The lowest BCUT2D eigenvalue weighted by Crippen LogP contribution is -2.09. The number of benzene rings is 2. The van der Waals surface area contributed by atoms with Crippen molar-refractivity contribution in [3.05, 3.63) is 77.6 Å². The van der Waals surface area contributed by atoms with E-state index in [1.165, 1.54) is 7.11 Å². The Morgan fingerprint density at radius 1 is 0.750 bits per heavy atom. The van der Waals surface area contributed by atoms with Crippen molar-refractivity contribution in [1.29, 1.82) is 0 Å². The highest BCUT2D eigenvalue weighted by Crippen LogP contribution is 2.36. The Hall–Kier alpha value is -4.22. The highest BCUT2D eigenvalue weighted by Gasteiger charge is 2.32. The highest BCUT2D eigenvalue weighted by atomic mass is 19.4. The van der Waals surface area contributed by atoms with Gasteiger partial charge in [0, 0.05) is 23.6 Å². The molecule has 188 valence electrons. The van der Waals surface area contributed by atoms with Gasteiger partial charge in [-0.3, -0.25) is 0 Å². The zero-order chi connectivity index (χ0) is 26.1. The number of nitrogens with zero attached hydrogens (tertiary/aromatic N) is 2. The van der Waals surface area contributed by atoms with Crippen molar-refractivity contribution in [1.82, 2.24) is 15.0 Å². The molecule has 0 saturated heterocycles. The minimum Gasteiger partial charge on any atom is -0.496 e. The average molecular weight is 507 g/mol. The molecule has 0 amide bonds. The Balaban J connectivity index is 1.63. The van der Waals surface area contributed by atoms with Crippen LogP contribution in [-0.2, 0) is 12.4 Å². The number of H-pyrrole nitrogens is 1. The lowest BCUT2D eigenvalue weighted by atomic mass is 10.1. The van der Waals surface area contributed by atoms with Crippen LogP contribution < -0.4 is 15.4 Å².